The molecule has 1 aliphatic heterocycles. The third-order valence-corrected chi connectivity index (χ3v) is 6.09. The van der Waals surface area contributed by atoms with Gasteiger partial charge in [-0.2, -0.15) is 0 Å². The molecule has 8 heteroatoms. The Kier molecular flexibility index (Phi) is 6.41. The lowest BCUT2D eigenvalue weighted by Gasteiger charge is -2.15. The van der Waals surface area contributed by atoms with Crippen LogP contribution < -0.4 is 19.9 Å². The van der Waals surface area contributed by atoms with Crippen LogP contribution in [0.5, 0.6) is 11.5 Å². The zero-order valence-electron chi connectivity index (χ0n) is 15.3. The molecule has 2 aromatic rings. The van der Waals surface area contributed by atoms with E-state index in [1.807, 2.05) is 19.9 Å². The van der Waals surface area contributed by atoms with Crippen LogP contribution in [0.1, 0.15) is 19.4 Å². The van der Waals surface area contributed by atoms with E-state index >= 15 is 0 Å². The predicted molar refractivity (Wildman–Crippen MR) is 114 cm³/mol. The first-order valence-electron chi connectivity index (χ1n) is 8.67. The number of hydrogen-bond acceptors (Lipinski definition) is 4. The van der Waals surface area contributed by atoms with E-state index in [0.29, 0.717) is 44.9 Å². The molecule has 28 heavy (non-hydrogen) atoms. The number of nitrogens with one attached hydrogen (secondary N) is 1. The molecule has 1 N–H and O–H groups in total. The van der Waals surface area contributed by atoms with Crippen LogP contribution in [0, 0.1) is 0 Å². The molecule has 0 unspecified atom stereocenters. The lowest BCUT2D eigenvalue weighted by atomic mass is 10.1. The number of anilines is 1. The maximum Gasteiger partial charge on any atom is 0.282 e. The second-order valence-corrected chi connectivity index (χ2v) is 7.35. The minimum absolute atomic E-state index is 0.0306. The summed E-state index contributed by atoms with van der Waals surface area (Å²) in [4.78, 5) is 25.2. The van der Waals surface area contributed by atoms with Crippen LogP contribution in [0.15, 0.2) is 50.9 Å². The molecular weight excluding hydrogens is 492 g/mol. The van der Waals surface area contributed by atoms with Gasteiger partial charge in [-0.15, -0.1) is 0 Å². The second kappa shape index (κ2) is 8.79. The van der Waals surface area contributed by atoms with Crippen molar-refractivity contribution in [3.05, 3.63) is 56.5 Å². The topological polar surface area (TPSA) is 67.9 Å². The van der Waals surface area contributed by atoms with Gasteiger partial charge in [0.2, 0.25) is 0 Å². The minimum atomic E-state index is -0.469. The molecule has 146 valence electrons. The van der Waals surface area contributed by atoms with Crippen molar-refractivity contribution >= 4 is 55.4 Å². The average molecular weight is 510 g/mol. The highest BCUT2D eigenvalue weighted by atomic mass is 79.9. The molecule has 0 saturated carbocycles. The largest absolute Gasteiger partial charge is 0.490 e. The van der Waals surface area contributed by atoms with E-state index in [4.69, 9.17) is 9.47 Å². The van der Waals surface area contributed by atoms with Gasteiger partial charge < -0.3 is 9.47 Å². The van der Waals surface area contributed by atoms with Gasteiger partial charge >= 0.3 is 0 Å². The van der Waals surface area contributed by atoms with E-state index < -0.39 is 11.8 Å². The number of hydrogen-bond donors (Lipinski definition) is 1. The van der Waals surface area contributed by atoms with Gasteiger partial charge in [0, 0.05) is 4.47 Å². The van der Waals surface area contributed by atoms with E-state index in [0.717, 1.165) is 0 Å². The van der Waals surface area contributed by atoms with Gasteiger partial charge in [0.1, 0.15) is 5.57 Å². The fraction of sp³-hybridized carbons (Fsp3) is 0.200. The van der Waals surface area contributed by atoms with Crippen molar-refractivity contribution in [1.82, 2.24) is 5.43 Å². The van der Waals surface area contributed by atoms with Crippen molar-refractivity contribution in [3.63, 3.8) is 0 Å². The molecule has 6 nitrogen and oxygen atoms in total. The summed E-state index contributed by atoms with van der Waals surface area (Å²) in [6.07, 6.45) is 1.54. The quantitative estimate of drug-likeness (QED) is 0.460. The number of carbonyl (C=O) groups excluding carboxylic acids is 2. The Morgan fingerprint density at radius 2 is 1.71 bits per heavy atom. The highest BCUT2D eigenvalue weighted by molar-refractivity contribution is 9.13. The Balaban J connectivity index is 2.03. The summed E-state index contributed by atoms with van der Waals surface area (Å²) in [7, 11) is 0. The number of ether oxygens (including phenoxy) is 2. The molecule has 0 atom stereocenters. The number of rotatable bonds is 6. The number of halogens is 2. The predicted octanol–water partition coefficient (Wildman–Crippen LogP) is 4.47. The highest BCUT2D eigenvalue weighted by Gasteiger charge is 2.34. The molecule has 1 heterocycles. The Hall–Kier alpha value is -2.32. The summed E-state index contributed by atoms with van der Waals surface area (Å²) in [5, 5.41) is 1.23. The van der Waals surface area contributed by atoms with Crippen LogP contribution in [-0.2, 0) is 9.59 Å². The van der Waals surface area contributed by atoms with Crippen molar-refractivity contribution in [2.24, 2.45) is 0 Å². The van der Waals surface area contributed by atoms with Gasteiger partial charge in [0.05, 0.1) is 23.4 Å². The number of para-hydroxylation sites is 1. The van der Waals surface area contributed by atoms with E-state index in [2.05, 4.69) is 37.3 Å². The SMILES string of the molecule is CCOc1cc(/C=C2/C(=O)NN(c3ccccc3)C2=O)c(Br)c(Br)c1OCC. The first-order valence-corrected chi connectivity index (χ1v) is 10.3. The molecule has 0 spiro atoms. The molecule has 1 aliphatic rings. The van der Waals surface area contributed by atoms with Gasteiger partial charge in [-0.25, -0.2) is 5.01 Å². The zero-order chi connectivity index (χ0) is 20.3. The van der Waals surface area contributed by atoms with Crippen molar-refractivity contribution in [1.29, 1.82) is 0 Å². The van der Waals surface area contributed by atoms with E-state index in [9.17, 15) is 9.59 Å². The average Bonchev–Trinajstić information content (AvgIpc) is 2.98. The van der Waals surface area contributed by atoms with E-state index in [1.54, 1.807) is 30.3 Å². The monoisotopic (exact) mass is 508 g/mol. The molecule has 2 amide bonds. The van der Waals surface area contributed by atoms with E-state index in [-0.39, 0.29) is 5.57 Å². The van der Waals surface area contributed by atoms with Gasteiger partial charge in [0.15, 0.2) is 11.5 Å². The third-order valence-electron chi connectivity index (χ3n) is 3.95. The summed E-state index contributed by atoms with van der Waals surface area (Å²) in [6.45, 7) is 4.67. The van der Waals surface area contributed by atoms with Crippen molar-refractivity contribution in [3.8, 4) is 11.5 Å². The maximum atomic E-state index is 12.8. The summed E-state index contributed by atoms with van der Waals surface area (Å²) >= 11 is 7.01. The highest BCUT2D eigenvalue weighted by Crippen LogP contribution is 2.43. The standard InChI is InChI=1S/C20H18Br2N2O4/c1-3-27-15-11-12(16(21)17(22)18(15)28-4-2)10-14-19(25)23-24(20(14)26)13-8-6-5-7-9-13/h5-11H,3-4H2,1-2H3,(H,23,25)/b14-10-. The van der Waals surface area contributed by atoms with Crippen LogP contribution in [0.25, 0.3) is 6.08 Å². The van der Waals surface area contributed by atoms with Crippen molar-refractivity contribution in [2.75, 3.05) is 18.2 Å². The molecule has 0 radical (unpaired) electrons. The Labute approximate surface area is 179 Å². The Morgan fingerprint density at radius 1 is 1.04 bits per heavy atom. The molecular formula is C20H18Br2N2O4. The smallest absolute Gasteiger partial charge is 0.282 e. The summed E-state index contributed by atoms with van der Waals surface area (Å²) < 4.78 is 12.6. The van der Waals surface area contributed by atoms with Gasteiger partial charge in [-0.1, -0.05) is 18.2 Å². The molecule has 2 aromatic carbocycles. The summed E-state index contributed by atoms with van der Waals surface area (Å²) in [6, 6.07) is 10.7. The lowest BCUT2D eigenvalue weighted by Crippen LogP contribution is -2.35. The van der Waals surface area contributed by atoms with Crippen LogP contribution in [0.3, 0.4) is 0 Å². The minimum Gasteiger partial charge on any atom is -0.490 e. The van der Waals surface area contributed by atoms with Gasteiger partial charge in [-0.05, 0) is 75.5 Å². The van der Waals surface area contributed by atoms with E-state index in [1.165, 1.54) is 11.1 Å². The van der Waals surface area contributed by atoms with Crippen molar-refractivity contribution < 1.29 is 19.1 Å². The second-order valence-electron chi connectivity index (χ2n) is 5.76. The Bertz CT molecular complexity index is 945. The summed E-state index contributed by atoms with van der Waals surface area (Å²) in [5.41, 5.74) is 3.83. The van der Waals surface area contributed by atoms with Gasteiger partial charge in [-0.3, -0.25) is 15.0 Å². The van der Waals surface area contributed by atoms with Crippen molar-refractivity contribution in [2.45, 2.75) is 13.8 Å². The zero-order valence-corrected chi connectivity index (χ0v) is 18.5. The van der Waals surface area contributed by atoms with Crippen LogP contribution in [0.2, 0.25) is 0 Å². The normalized spacial score (nSPS) is 15.1. The lowest BCUT2D eigenvalue weighted by molar-refractivity contribution is -0.117. The first kappa shape index (κ1) is 20.4. The van der Waals surface area contributed by atoms with Crippen LogP contribution in [-0.4, -0.2) is 25.0 Å². The first-order chi connectivity index (χ1) is 13.5. The number of benzene rings is 2. The fourth-order valence-electron chi connectivity index (χ4n) is 2.72. The molecule has 3 rings (SSSR count). The Morgan fingerprint density at radius 3 is 2.36 bits per heavy atom. The number of carbonyl (C=O) groups is 2. The van der Waals surface area contributed by atoms with Crippen LogP contribution >= 0.6 is 31.9 Å². The van der Waals surface area contributed by atoms with Crippen LogP contribution in [0.4, 0.5) is 5.69 Å². The number of hydrazine groups is 1. The maximum absolute atomic E-state index is 12.8. The molecule has 0 aliphatic carbocycles. The molecule has 1 fully saturated rings. The number of amides is 2. The summed E-state index contributed by atoms with van der Waals surface area (Å²) in [5.74, 6) is 0.193. The fourth-order valence-corrected chi connectivity index (χ4v) is 3.67. The number of nitrogens with zero attached hydrogens (tertiary/aromatic N) is 1. The molecule has 0 aromatic heterocycles. The third kappa shape index (κ3) is 3.93. The van der Waals surface area contributed by atoms with Gasteiger partial charge in [0.25, 0.3) is 11.8 Å². The molecule has 0 bridgehead atoms. The molecule has 1 saturated heterocycles.